The first kappa shape index (κ1) is 15.1. The van der Waals surface area contributed by atoms with Gasteiger partial charge in [-0.1, -0.05) is 24.3 Å². The molecule has 0 aromatic heterocycles. The van der Waals surface area contributed by atoms with E-state index in [0.717, 1.165) is 6.07 Å². The van der Waals surface area contributed by atoms with Crippen LogP contribution in [0.25, 0.3) is 0 Å². The van der Waals surface area contributed by atoms with Crippen molar-refractivity contribution in [1.29, 1.82) is 0 Å². The van der Waals surface area contributed by atoms with Gasteiger partial charge in [0.2, 0.25) is 0 Å². The average Bonchev–Trinajstić information content (AvgIpc) is 2.41. The van der Waals surface area contributed by atoms with Gasteiger partial charge < -0.3 is 9.29 Å². The van der Waals surface area contributed by atoms with Crippen molar-refractivity contribution in [2.75, 3.05) is 0 Å². The first-order valence-corrected chi connectivity index (χ1v) is 7.56. The molecule has 0 fully saturated rings. The molecule has 0 saturated carbocycles. The molecule has 0 aliphatic heterocycles. The normalized spacial score (nSPS) is 11.1. The zero-order valence-corrected chi connectivity index (χ0v) is 12.3. The van der Waals surface area contributed by atoms with Crippen molar-refractivity contribution >= 4 is 16.1 Å². The van der Waals surface area contributed by atoms with Gasteiger partial charge in [0.25, 0.3) is 0 Å². The van der Waals surface area contributed by atoms with E-state index in [2.05, 4.69) is 0 Å². The van der Waals surface area contributed by atoms with E-state index in [-0.39, 0.29) is 16.2 Å². The van der Waals surface area contributed by atoms with Gasteiger partial charge in [0, 0.05) is 0 Å². The second kappa shape index (κ2) is 5.57. The van der Waals surface area contributed by atoms with Crippen LogP contribution in [0.15, 0.2) is 47.4 Å². The van der Waals surface area contributed by atoms with Gasteiger partial charge in [-0.2, -0.15) is 8.42 Å². The Morgan fingerprint density at radius 2 is 1.71 bits per heavy atom. The minimum absolute atomic E-state index is 0.0653. The summed E-state index contributed by atoms with van der Waals surface area (Å²) in [5.74, 6) is -0.963. The molecule has 0 amide bonds. The molecule has 0 atom stereocenters. The Bertz CT molecular complexity index is 793. The topological polar surface area (TPSA) is 80.7 Å². The number of aromatic carboxylic acids is 1. The zero-order valence-electron chi connectivity index (χ0n) is 11.5. The minimum Gasteiger partial charge on any atom is -0.478 e. The fraction of sp³-hybridized carbons (Fsp3) is 0.133. The van der Waals surface area contributed by atoms with E-state index in [1.807, 2.05) is 0 Å². The average molecular weight is 306 g/mol. The molecule has 2 rings (SSSR count). The van der Waals surface area contributed by atoms with E-state index in [1.165, 1.54) is 12.1 Å². The van der Waals surface area contributed by atoms with Crippen LogP contribution in [0.3, 0.4) is 0 Å². The third-order valence-corrected chi connectivity index (χ3v) is 4.25. The molecule has 0 radical (unpaired) electrons. The molecule has 0 saturated heterocycles. The molecule has 0 aliphatic carbocycles. The molecule has 0 spiro atoms. The molecule has 5 nitrogen and oxygen atoms in total. The molecule has 6 heteroatoms. The van der Waals surface area contributed by atoms with Gasteiger partial charge in [-0.25, -0.2) is 4.79 Å². The second-order valence-corrected chi connectivity index (χ2v) is 6.13. The smallest absolute Gasteiger partial charge is 0.339 e. The minimum atomic E-state index is -4.07. The second-order valence-electron chi connectivity index (χ2n) is 4.58. The first-order valence-electron chi connectivity index (χ1n) is 6.15. The summed E-state index contributed by atoms with van der Waals surface area (Å²) in [4.78, 5) is 10.9. The van der Waals surface area contributed by atoms with Crippen molar-refractivity contribution < 1.29 is 22.5 Å². The highest BCUT2D eigenvalue weighted by atomic mass is 32.2. The van der Waals surface area contributed by atoms with E-state index >= 15 is 0 Å². The lowest BCUT2D eigenvalue weighted by molar-refractivity contribution is 0.0696. The number of aryl methyl sites for hydroxylation is 2. The van der Waals surface area contributed by atoms with Crippen LogP contribution in [0, 0.1) is 13.8 Å². The molecule has 0 aliphatic rings. The lowest BCUT2D eigenvalue weighted by Crippen LogP contribution is -2.12. The Labute approximate surface area is 122 Å². The van der Waals surface area contributed by atoms with Gasteiger partial charge in [0.05, 0.1) is 5.56 Å². The van der Waals surface area contributed by atoms with E-state index in [1.54, 1.807) is 38.1 Å². The van der Waals surface area contributed by atoms with Crippen molar-refractivity contribution in [3.8, 4) is 5.75 Å². The zero-order chi connectivity index (χ0) is 15.6. The predicted octanol–water partition coefficient (Wildman–Crippen LogP) is 2.77. The highest BCUT2D eigenvalue weighted by Crippen LogP contribution is 2.23. The Balaban J connectivity index is 2.43. The third kappa shape index (κ3) is 3.22. The highest BCUT2D eigenvalue weighted by molar-refractivity contribution is 7.87. The predicted molar refractivity (Wildman–Crippen MR) is 77.1 cm³/mol. The standard InChI is InChI=1S/C15H14O5S/c1-10-7-8-12(9-13(10)15(16)17)21(18,19)20-14-6-4-3-5-11(14)2/h3-9H,1-2H3,(H,16,17). The lowest BCUT2D eigenvalue weighted by Gasteiger charge is -2.10. The molecule has 0 heterocycles. The summed E-state index contributed by atoms with van der Waals surface area (Å²) in [7, 11) is -4.07. The van der Waals surface area contributed by atoms with Gasteiger partial charge in [-0.3, -0.25) is 0 Å². The molecule has 1 N–H and O–H groups in total. The third-order valence-electron chi connectivity index (χ3n) is 3.02. The fourth-order valence-electron chi connectivity index (χ4n) is 1.80. The summed E-state index contributed by atoms with van der Waals surface area (Å²) in [6, 6.07) is 10.6. The van der Waals surface area contributed by atoms with E-state index in [4.69, 9.17) is 9.29 Å². The number of carboxylic acids is 1. The van der Waals surface area contributed by atoms with Crippen LogP contribution in [0.2, 0.25) is 0 Å². The van der Waals surface area contributed by atoms with Crippen molar-refractivity contribution in [2.45, 2.75) is 18.7 Å². The number of rotatable bonds is 4. The van der Waals surface area contributed by atoms with Crippen molar-refractivity contribution in [2.24, 2.45) is 0 Å². The van der Waals surface area contributed by atoms with Crippen LogP contribution < -0.4 is 4.18 Å². The van der Waals surface area contributed by atoms with Gasteiger partial charge in [0.15, 0.2) is 0 Å². The molecule has 21 heavy (non-hydrogen) atoms. The van der Waals surface area contributed by atoms with Crippen LogP contribution in [0.1, 0.15) is 21.5 Å². The quantitative estimate of drug-likeness (QED) is 0.878. The van der Waals surface area contributed by atoms with Crippen LogP contribution in [0.5, 0.6) is 5.75 Å². The van der Waals surface area contributed by atoms with Crippen LogP contribution >= 0.6 is 0 Å². The Morgan fingerprint density at radius 3 is 2.33 bits per heavy atom. The van der Waals surface area contributed by atoms with Crippen molar-refractivity contribution in [3.05, 3.63) is 59.2 Å². The van der Waals surface area contributed by atoms with Gasteiger partial charge in [-0.05, 0) is 43.2 Å². The Morgan fingerprint density at radius 1 is 1.05 bits per heavy atom. The Hall–Kier alpha value is -2.34. The molecule has 2 aromatic carbocycles. The van der Waals surface area contributed by atoms with E-state index in [9.17, 15) is 13.2 Å². The van der Waals surface area contributed by atoms with Gasteiger partial charge in [-0.15, -0.1) is 0 Å². The lowest BCUT2D eigenvalue weighted by atomic mass is 10.1. The molecule has 110 valence electrons. The monoisotopic (exact) mass is 306 g/mol. The number of hydrogen-bond acceptors (Lipinski definition) is 4. The summed E-state index contributed by atoms with van der Waals surface area (Å²) >= 11 is 0. The number of carbonyl (C=O) groups is 1. The summed E-state index contributed by atoms with van der Waals surface area (Å²) < 4.78 is 29.5. The van der Waals surface area contributed by atoms with Crippen molar-refractivity contribution in [1.82, 2.24) is 0 Å². The van der Waals surface area contributed by atoms with Gasteiger partial charge in [0.1, 0.15) is 10.6 Å². The van der Waals surface area contributed by atoms with Crippen LogP contribution in [0.4, 0.5) is 0 Å². The fourth-order valence-corrected chi connectivity index (χ4v) is 2.82. The van der Waals surface area contributed by atoms with E-state index < -0.39 is 16.1 Å². The molecule has 0 unspecified atom stereocenters. The number of hydrogen-bond donors (Lipinski definition) is 1. The highest BCUT2D eigenvalue weighted by Gasteiger charge is 2.20. The Kier molecular flexibility index (Phi) is 3.99. The van der Waals surface area contributed by atoms with Crippen LogP contribution in [-0.2, 0) is 10.1 Å². The first-order chi connectivity index (χ1) is 9.81. The summed E-state index contributed by atoms with van der Waals surface area (Å²) in [6.07, 6.45) is 0. The number of para-hydroxylation sites is 1. The van der Waals surface area contributed by atoms with E-state index in [0.29, 0.717) is 11.1 Å². The molecular weight excluding hydrogens is 292 g/mol. The SMILES string of the molecule is Cc1ccccc1OS(=O)(=O)c1ccc(C)c(C(=O)O)c1. The summed E-state index contributed by atoms with van der Waals surface area (Å²) in [5.41, 5.74) is 1.09. The maximum absolute atomic E-state index is 12.2. The maximum atomic E-state index is 12.2. The molecular formula is C15H14O5S. The summed E-state index contributed by atoms with van der Waals surface area (Å²) in [6.45, 7) is 3.32. The van der Waals surface area contributed by atoms with Gasteiger partial charge >= 0.3 is 16.1 Å². The molecule has 2 aromatic rings. The summed E-state index contributed by atoms with van der Waals surface area (Å²) in [5, 5.41) is 9.05. The molecule has 0 bridgehead atoms. The van der Waals surface area contributed by atoms with Crippen LogP contribution in [-0.4, -0.2) is 19.5 Å². The van der Waals surface area contributed by atoms with Crippen molar-refractivity contribution in [3.63, 3.8) is 0 Å². The number of benzene rings is 2. The largest absolute Gasteiger partial charge is 0.478 e. The maximum Gasteiger partial charge on any atom is 0.339 e. The number of carboxylic acid groups (broad SMARTS) is 1.